The van der Waals surface area contributed by atoms with Crippen molar-refractivity contribution in [2.24, 2.45) is 5.41 Å². The zero-order valence-corrected chi connectivity index (χ0v) is 12.6. The van der Waals surface area contributed by atoms with E-state index in [2.05, 4.69) is 5.32 Å². The smallest absolute Gasteiger partial charge is 0.321 e. The van der Waals surface area contributed by atoms with Crippen LogP contribution in [0.15, 0.2) is 18.2 Å². The molecule has 0 radical (unpaired) electrons. The lowest BCUT2D eigenvalue weighted by Crippen LogP contribution is -2.41. The van der Waals surface area contributed by atoms with Gasteiger partial charge in [-0.1, -0.05) is 20.8 Å². The number of rotatable bonds is 5. The Bertz CT molecular complexity index is 487. The standard InChI is InChI=1S/C15H22F2N2O2/c1-15(2,3)10-19(7-4-8-20)14(21)18-13-9-11(16)5-6-12(13)17/h5-6,9,20H,4,7-8,10H2,1-3H3,(H,18,21). The maximum Gasteiger partial charge on any atom is 0.321 e. The molecule has 2 amide bonds. The van der Waals surface area contributed by atoms with Gasteiger partial charge >= 0.3 is 6.03 Å². The molecule has 6 heteroatoms. The number of nitrogens with zero attached hydrogens (tertiary/aromatic N) is 1. The number of carbonyl (C=O) groups is 1. The molecule has 0 atom stereocenters. The Labute approximate surface area is 123 Å². The van der Waals surface area contributed by atoms with E-state index in [1.54, 1.807) is 0 Å². The highest BCUT2D eigenvalue weighted by Crippen LogP contribution is 2.19. The molecule has 0 saturated heterocycles. The Kier molecular flexibility index (Phi) is 6.08. The molecule has 2 N–H and O–H groups in total. The molecule has 0 aliphatic carbocycles. The van der Waals surface area contributed by atoms with Gasteiger partial charge in [0, 0.05) is 25.8 Å². The van der Waals surface area contributed by atoms with Crippen LogP contribution in [0.1, 0.15) is 27.2 Å². The quantitative estimate of drug-likeness (QED) is 0.877. The number of carbonyl (C=O) groups excluding carboxylic acids is 1. The van der Waals surface area contributed by atoms with E-state index in [0.717, 1.165) is 18.2 Å². The fourth-order valence-corrected chi connectivity index (χ4v) is 1.87. The van der Waals surface area contributed by atoms with Gasteiger partial charge < -0.3 is 15.3 Å². The molecular weight excluding hydrogens is 278 g/mol. The summed E-state index contributed by atoms with van der Waals surface area (Å²) in [7, 11) is 0. The predicted octanol–water partition coefficient (Wildman–Crippen LogP) is 3.23. The molecular formula is C15H22F2N2O2. The predicted molar refractivity (Wildman–Crippen MR) is 78.1 cm³/mol. The SMILES string of the molecule is CC(C)(C)CN(CCCO)C(=O)Nc1cc(F)ccc1F. The number of hydrogen-bond donors (Lipinski definition) is 2. The highest BCUT2D eigenvalue weighted by atomic mass is 19.1. The maximum absolute atomic E-state index is 13.5. The summed E-state index contributed by atoms with van der Waals surface area (Å²) in [4.78, 5) is 13.7. The number of urea groups is 1. The van der Waals surface area contributed by atoms with Crippen molar-refractivity contribution in [3.63, 3.8) is 0 Å². The second kappa shape index (κ2) is 7.36. The Morgan fingerprint density at radius 1 is 1.33 bits per heavy atom. The van der Waals surface area contributed by atoms with Gasteiger partial charge in [0.15, 0.2) is 0 Å². The van der Waals surface area contributed by atoms with E-state index in [1.807, 2.05) is 20.8 Å². The second-order valence-electron chi connectivity index (χ2n) is 6.11. The summed E-state index contributed by atoms with van der Waals surface area (Å²) in [5, 5.41) is 11.3. The van der Waals surface area contributed by atoms with Crippen LogP contribution < -0.4 is 5.32 Å². The lowest BCUT2D eigenvalue weighted by atomic mass is 9.96. The molecule has 0 aliphatic rings. The lowest BCUT2D eigenvalue weighted by molar-refractivity contribution is 0.176. The summed E-state index contributed by atoms with van der Waals surface area (Å²) in [5.74, 6) is -1.31. The van der Waals surface area contributed by atoms with E-state index >= 15 is 0 Å². The third kappa shape index (κ3) is 6.08. The van der Waals surface area contributed by atoms with Gasteiger partial charge in [-0.25, -0.2) is 13.6 Å². The molecule has 0 aliphatic heterocycles. The van der Waals surface area contributed by atoms with Crippen LogP contribution in [0.4, 0.5) is 19.3 Å². The van der Waals surface area contributed by atoms with Gasteiger partial charge in [0.2, 0.25) is 0 Å². The number of benzene rings is 1. The number of halogens is 2. The summed E-state index contributed by atoms with van der Waals surface area (Å²) >= 11 is 0. The van der Waals surface area contributed by atoms with Crippen molar-refractivity contribution in [2.45, 2.75) is 27.2 Å². The molecule has 1 aromatic carbocycles. The monoisotopic (exact) mass is 300 g/mol. The molecule has 4 nitrogen and oxygen atoms in total. The molecule has 0 spiro atoms. The van der Waals surface area contributed by atoms with Crippen LogP contribution in [0.5, 0.6) is 0 Å². The Balaban J connectivity index is 2.82. The summed E-state index contributed by atoms with van der Waals surface area (Å²) in [6.07, 6.45) is 0.426. The summed E-state index contributed by atoms with van der Waals surface area (Å²) in [5.41, 5.74) is -0.337. The van der Waals surface area contributed by atoms with Gasteiger partial charge in [-0.3, -0.25) is 0 Å². The van der Waals surface area contributed by atoms with E-state index in [9.17, 15) is 13.6 Å². The van der Waals surface area contributed by atoms with Gasteiger partial charge in [0.1, 0.15) is 11.6 Å². The van der Waals surface area contributed by atoms with E-state index < -0.39 is 17.7 Å². The summed E-state index contributed by atoms with van der Waals surface area (Å²) < 4.78 is 26.7. The number of nitrogens with one attached hydrogen (secondary N) is 1. The average Bonchev–Trinajstić information content (AvgIpc) is 2.37. The molecule has 1 rings (SSSR count). The first kappa shape index (κ1) is 17.4. The third-order valence-electron chi connectivity index (χ3n) is 2.71. The highest BCUT2D eigenvalue weighted by molar-refractivity contribution is 5.89. The number of amides is 2. The van der Waals surface area contributed by atoms with Gasteiger partial charge in [-0.2, -0.15) is 0 Å². The Morgan fingerprint density at radius 3 is 2.57 bits per heavy atom. The van der Waals surface area contributed by atoms with Crippen molar-refractivity contribution in [1.29, 1.82) is 0 Å². The molecule has 118 valence electrons. The second-order valence-corrected chi connectivity index (χ2v) is 6.11. The van der Waals surface area contributed by atoms with E-state index in [-0.39, 0.29) is 17.7 Å². The molecule has 0 saturated carbocycles. The Hall–Kier alpha value is -1.69. The first-order valence-corrected chi connectivity index (χ1v) is 6.85. The van der Waals surface area contributed by atoms with E-state index in [0.29, 0.717) is 19.5 Å². The first-order chi connectivity index (χ1) is 9.73. The van der Waals surface area contributed by atoms with Crippen molar-refractivity contribution in [3.8, 4) is 0 Å². The number of aliphatic hydroxyl groups is 1. The topological polar surface area (TPSA) is 52.6 Å². The zero-order chi connectivity index (χ0) is 16.0. The molecule has 0 unspecified atom stereocenters. The van der Waals surface area contributed by atoms with E-state index in [4.69, 9.17) is 5.11 Å². The third-order valence-corrected chi connectivity index (χ3v) is 2.71. The largest absolute Gasteiger partial charge is 0.396 e. The number of hydrogen-bond acceptors (Lipinski definition) is 2. The minimum absolute atomic E-state index is 0.0394. The van der Waals surface area contributed by atoms with Crippen LogP contribution in [0, 0.1) is 17.0 Å². The van der Waals surface area contributed by atoms with Crippen LogP contribution >= 0.6 is 0 Å². The van der Waals surface area contributed by atoms with Crippen molar-refractivity contribution >= 4 is 11.7 Å². The molecule has 0 fully saturated rings. The van der Waals surface area contributed by atoms with E-state index in [1.165, 1.54) is 4.90 Å². The highest BCUT2D eigenvalue weighted by Gasteiger charge is 2.21. The lowest BCUT2D eigenvalue weighted by Gasteiger charge is -2.30. The minimum Gasteiger partial charge on any atom is -0.396 e. The summed E-state index contributed by atoms with van der Waals surface area (Å²) in [6, 6.07) is 2.38. The minimum atomic E-state index is -0.692. The van der Waals surface area contributed by atoms with Gasteiger partial charge in [0.25, 0.3) is 0 Å². The van der Waals surface area contributed by atoms with Crippen LogP contribution in [0.3, 0.4) is 0 Å². The first-order valence-electron chi connectivity index (χ1n) is 6.85. The van der Waals surface area contributed by atoms with Crippen LogP contribution in [-0.2, 0) is 0 Å². The number of aliphatic hydroxyl groups excluding tert-OH is 1. The zero-order valence-electron chi connectivity index (χ0n) is 12.6. The molecule has 0 bridgehead atoms. The maximum atomic E-state index is 13.5. The van der Waals surface area contributed by atoms with Crippen LogP contribution in [0.25, 0.3) is 0 Å². The molecule has 0 aromatic heterocycles. The molecule has 1 aromatic rings. The van der Waals surface area contributed by atoms with Crippen LogP contribution in [0.2, 0.25) is 0 Å². The van der Waals surface area contributed by atoms with Crippen molar-refractivity contribution < 1.29 is 18.7 Å². The van der Waals surface area contributed by atoms with Crippen molar-refractivity contribution in [2.75, 3.05) is 25.0 Å². The van der Waals surface area contributed by atoms with Crippen LogP contribution in [-0.4, -0.2) is 35.7 Å². The Morgan fingerprint density at radius 2 is 2.00 bits per heavy atom. The van der Waals surface area contributed by atoms with Crippen molar-refractivity contribution in [3.05, 3.63) is 29.8 Å². The number of anilines is 1. The summed E-state index contributed by atoms with van der Waals surface area (Å²) in [6.45, 7) is 6.65. The fourth-order valence-electron chi connectivity index (χ4n) is 1.87. The molecule has 0 heterocycles. The van der Waals surface area contributed by atoms with Crippen molar-refractivity contribution in [1.82, 2.24) is 4.90 Å². The van der Waals surface area contributed by atoms with Gasteiger partial charge in [-0.15, -0.1) is 0 Å². The fraction of sp³-hybridized carbons (Fsp3) is 0.533. The molecule has 21 heavy (non-hydrogen) atoms. The van der Waals surface area contributed by atoms with Gasteiger partial charge in [0.05, 0.1) is 5.69 Å². The van der Waals surface area contributed by atoms with Gasteiger partial charge in [-0.05, 0) is 24.0 Å². The normalized spacial score (nSPS) is 11.3. The average molecular weight is 300 g/mol.